The first-order valence-corrected chi connectivity index (χ1v) is 8.47. The second-order valence-corrected chi connectivity index (χ2v) is 5.79. The van der Waals surface area contributed by atoms with Crippen LogP contribution in [0.15, 0.2) is 84.0 Å². The zero-order chi connectivity index (χ0) is 19.8. The highest BCUT2D eigenvalue weighted by atomic mass is 16.6. The van der Waals surface area contributed by atoms with Crippen molar-refractivity contribution in [2.24, 2.45) is 5.10 Å². The van der Waals surface area contributed by atoms with Crippen LogP contribution in [0, 0.1) is 10.1 Å². The number of nitrogens with zero attached hydrogens (tertiary/aromatic N) is 2. The van der Waals surface area contributed by atoms with E-state index in [1.165, 1.54) is 12.3 Å². The number of carbonyl (C=O) groups excluding carboxylic acids is 1. The molecule has 0 aromatic heterocycles. The Morgan fingerprint density at radius 3 is 2.32 bits per heavy atom. The summed E-state index contributed by atoms with van der Waals surface area (Å²) in [5, 5.41) is 14.7. The Balaban J connectivity index is 1.51. The first-order chi connectivity index (χ1) is 13.6. The minimum absolute atomic E-state index is 0.0877. The Bertz CT molecular complexity index is 986. The number of hydrogen-bond acceptors (Lipinski definition) is 5. The highest BCUT2D eigenvalue weighted by molar-refractivity contribution is 5.86. The highest BCUT2D eigenvalue weighted by Crippen LogP contribution is 2.22. The summed E-state index contributed by atoms with van der Waals surface area (Å²) in [6.07, 6.45) is 1.23. The molecule has 140 valence electrons. The molecular formula is C21H17N3O4. The van der Waals surface area contributed by atoms with Crippen LogP contribution in [0.3, 0.4) is 0 Å². The molecule has 0 bridgehead atoms. The third-order valence-corrected chi connectivity index (χ3v) is 3.86. The fourth-order valence-corrected chi connectivity index (χ4v) is 2.49. The molecule has 3 aromatic carbocycles. The predicted molar refractivity (Wildman–Crippen MR) is 106 cm³/mol. The van der Waals surface area contributed by atoms with Crippen LogP contribution >= 0.6 is 0 Å². The number of nitro groups is 1. The zero-order valence-corrected chi connectivity index (χ0v) is 14.8. The second kappa shape index (κ2) is 9.09. The summed E-state index contributed by atoms with van der Waals surface area (Å²) in [7, 11) is 0. The maximum Gasteiger partial charge on any atom is 0.278 e. The maximum absolute atomic E-state index is 11.8. The number of benzene rings is 3. The second-order valence-electron chi connectivity index (χ2n) is 5.79. The topological polar surface area (TPSA) is 93.8 Å². The van der Waals surface area contributed by atoms with Crippen molar-refractivity contribution in [3.8, 4) is 16.9 Å². The van der Waals surface area contributed by atoms with E-state index in [0.717, 1.165) is 11.1 Å². The van der Waals surface area contributed by atoms with Crippen molar-refractivity contribution in [2.75, 3.05) is 6.61 Å². The van der Waals surface area contributed by atoms with Gasteiger partial charge in [-0.2, -0.15) is 5.10 Å². The monoisotopic (exact) mass is 375 g/mol. The number of ether oxygens (including phenoxy) is 1. The smallest absolute Gasteiger partial charge is 0.278 e. The van der Waals surface area contributed by atoms with Crippen LogP contribution in [-0.4, -0.2) is 23.7 Å². The molecule has 0 aliphatic heterocycles. The van der Waals surface area contributed by atoms with Gasteiger partial charge in [0.05, 0.1) is 16.7 Å². The van der Waals surface area contributed by atoms with E-state index in [-0.39, 0.29) is 12.3 Å². The molecular weight excluding hydrogens is 358 g/mol. The van der Waals surface area contributed by atoms with Gasteiger partial charge in [0.1, 0.15) is 5.75 Å². The summed E-state index contributed by atoms with van der Waals surface area (Å²) >= 11 is 0. The summed E-state index contributed by atoms with van der Waals surface area (Å²) in [6.45, 7) is -0.223. The minimum atomic E-state index is -0.509. The van der Waals surface area contributed by atoms with Crippen LogP contribution in [0.1, 0.15) is 5.56 Å². The largest absolute Gasteiger partial charge is 0.484 e. The molecule has 0 aliphatic carbocycles. The molecule has 7 nitrogen and oxygen atoms in total. The van der Waals surface area contributed by atoms with E-state index >= 15 is 0 Å². The van der Waals surface area contributed by atoms with E-state index in [0.29, 0.717) is 11.3 Å². The molecule has 0 fully saturated rings. The van der Waals surface area contributed by atoms with Crippen molar-refractivity contribution in [3.05, 3.63) is 94.5 Å². The molecule has 0 unspecified atom stereocenters. The van der Waals surface area contributed by atoms with Crippen LogP contribution in [0.2, 0.25) is 0 Å². The Morgan fingerprint density at radius 1 is 0.964 bits per heavy atom. The van der Waals surface area contributed by atoms with E-state index in [1.807, 2.05) is 42.5 Å². The van der Waals surface area contributed by atoms with Crippen LogP contribution in [0.5, 0.6) is 5.75 Å². The molecule has 28 heavy (non-hydrogen) atoms. The number of para-hydroxylation sites is 1. The van der Waals surface area contributed by atoms with Crippen molar-refractivity contribution < 1.29 is 14.5 Å². The molecule has 0 saturated heterocycles. The molecule has 1 N–H and O–H groups in total. The van der Waals surface area contributed by atoms with Gasteiger partial charge in [-0.05, 0) is 29.3 Å². The van der Waals surface area contributed by atoms with Gasteiger partial charge in [0.15, 0.2) is 6.61 Å². The maximum atomic E-state index is 11.8. The minimum Gasteiger partial charge on any atom is -0.484 e. The standard InChI is InChI=1S/C21H17N3O4/c25-21(23-22-14-18-8-4-5-9-20(18)24(26)27)15-28-19-12-10-17(11-13-19)16-6-2-1-3-7-16/h1-14H,15H2,(H,23,25). The van der Waals surface area contributed by atoms with Gasteiger partial charge in [-0.15, -0.1) is 0 Å². The van der Waals surface area contributed by atoms with Crippen molar-refractivity contribution in [1.82, 2.24) is 5.43 Å². The summed E-state index contributed by atoms with van der Waals surface area (Å²) in [5.74, 6) is 0.0829. The van der Waals surface area contributed by atoms with Gasteiger partial charge in [-0.25, -0.2) is 5.43 Å². The lowest BCUT2D eigenvalue weighted by Gasteiger charge is -2.06. The van der Waals surface area contributed by atoms with Crippen LogP contribution < -0.4 is 10.2 Å². The van der Waals surface area contributed by atoms with Crippen molar-refractivity contribution in [2.45, 2.75) is 0 Å². The lowest BCUT2D eigenvalue weighted by molar-refractivity contribution is -0.385. The third-order valence-electron chi connectivity index (χ3n) is 3.86. The number of amides is 1. The molecule has 7 heteroatoms. The van der Waals surface area contributed by atoms with E-state index in [4.69, 9.17) is 4.74 Å². The Morgan fingerprint density at radius 2 is 1.61 bits per heavy atom. The number of rotatable bonds is 7. The predicted octanol–water partition coefficient (Wildman–Crippen LogP) is 3.79. The molecule has 3 rings (SSSR count). The van der Waals surface area contributed by atoms with Crippen LogP contribution in [0.4, 0.5) is 5.69 Å². The number of nitro benzene ring substituents is 1. The molecule has 0 spiro atoms. The van der Waals surface area contributed by atoms with Crippen LogP contribution in [0.25, 0.3) is 11.1 Å². The van der Waals surface area contributed by atoms with Gasteiger partial charge >= 0.3 is 0 Å². The number of hydrogen-bond donors (Lipinski definition) is 1. The summed E-state index contributed by atoms with van der Waals surface area (Å²) in [4.78, 5) is 22.3. The normalized spacial score (nSPS) is 10.6. The molecule has 0 aliphatic rings. The number of carbonyl (C=O) groups is 1. The van der Waals surface area contributed by atoms with Gasteiger partial charge in [-0.1, -0.05) is 54.6 Å². The average molecular weight is 375 g/mol. The average Bonchev–Trinajstić information content (AvgIpc) is 2.73. The Hall–Kier alpha value is -4.00. The zero-order valence-electron chi connectivity index (χ0n) is 14.8. The van der Waals surface area contributed by atoms with Crippen molar-refractivity contribution in [3.63, 3.8) is 0 Å². The summed E-state index contributed by atoms with van der Waals surface area (Å²) in [5.41, 5.74) is 4.64. The van der Waals surface area contributed by atoms with Gasteiger partial charge in [0.25, 0.3) is 11.6 Å². The molecule has 0 radical (unpaired) electrons. The van der Waals surface area contributed by atoms with E-state index < -0.39 is 10.8 Å². The van der Waals surface area contributed by atoms with Crippen molar-refractivity contribution >= 4 is 17.8 Å². The van der Waals surface area contributed by atoms with Crippen molar-refractivity contribution in [1.29, 1.82) is 0 Å². The van der Waals surface area contributed by atoms with Crippen LogP contribution in [-0.2, 0) is 4.79 Å². The SMILES string of the molecule is O=C(COc1ccc(-c2ccccc2)cc1)NN=Cc1ccccc1[N+](=O)[O-]. The Kier molecular flexibility index (Phi) is 6.10. The number of hydrazone groups is 1. The fourth-order valence-electron chi connectivity index (χ4n) is 2.49. The van der Waals surface area contributed by atoms with Gasteiger partial charge in [0, 0.05) is 6.07 Å². The Labute approximate surface area is 161 Å². The van der Waals surface area contributed by atoms with Gasteiger partial charge < -0.3 is 4.74 Å². The van der Waals surface area contributed by atoms with E-state index in [1.54, 1.807) is 30.3 Å². The quantitative estimate of drug-likeness (QED) is 0.386. The highest BCUT2D eigenvalue weighted by Gasteiger charge is 2.10. The molecule has 0 heterocycles. The summed E-state index contributed by atoms with van der Waals surface area (Å²) in [6, 6.07) is 23.4. The van der Waals surface area contributed by atoms with Gasteiger partial charge in [-0.3, -0.25) is 14.9 Å². The third kappa shape index (κ3) is 5.01. The molecule has 3 aromatic rings. The summed E-state index contributed by atoms with van der Waals surface area (Å²) < 4.78 is 5.43. The molecule has 1 amide bonds. The first kappa shape index (κ1) is 18.8. The first-order valence-electron chi connectivity index (χ1n) is 8.47. The fraction of sp³-hybridized carbons (Fsp3) is 0.0476. The molecule has 0 saturated carbocycles. The van der Waals surface area contributed by atoms with E-state index in [9.17, 15) is 14.9 Å². The molecule has 0 atom stereocenters. The lowest BCUT2D eigenvalue weighted by Crippen LogP contribution is -2.24. The van der Waals surface area contributed by atoms with Gasteiger partial charge in [0.2, 0.25) is 0 Å². The lowest BCUT2D eigenvalue weighted by atomic mass is 10.1. The van der Waals surface area contributed by atoms with E-state index in [2.05, 4.69) is 10.5 Å². The number of nitrogens with one attached hydrogen (secondary N) is 1.